The predicted molar refractivity (Wildman–Crippen MR) is 102 cm³/mol. The zero-order chi connectivity index (χ0) is 18.4. The number of nitrogens with one attached hydrogen (secondary N) is 2. The lowest BCUT2D eigenvalue weighted by Crippen LogP contribution is -2.48. The Morgan fingerprint density at radius 2 is 1.88 bits per heavy atom. The minimum atomic E-state index is -0.792. The third kappa shape index (κ3) is 4.96. The van der Waals surface area contributed by atoms with Crippen molar-refractivity contribution >= 4 is 17.6 Å². The molecule has 1 heterocycles. The Balaban J connectivity index is 1.69. The molecular weight excluding hydrogens is 350 g/mol. The molecule has 0 spiro atoms. The van der Waals surface area contributed by atoms with Crippen LogP contribution in [0.1, 0.15) is 49.3 Å². The quantitative estimate of drug-likeness (QED) is 0.745. The minimum absolute atomic E-state index is 0.263. The van der Waals surface area contributed by atoms with Crippen molar-refractivity contribution in [3.63, 3.8) is 0 Å². The lowest BCUT2D eigenvalue weighted by Gasteiger charge is -2.32. The third-order valence-electron chi connectivity index (χ3n) is 4.86. The number of hydrogen-bond donors (Lipinski definition) is 3. The number of carbonyl (C=O) groups excluding carboxylic acids is 1. The standard InChI is InChI=1S/C20H24ClN3O2/c21-17-8-6-15(7-9-17)18(16-5-4-12-22-13-16)24-19(25)23-14-20(26)10-2-1-3-11-20/h4-9,12-13,18,26H,1-3,10-11,14H2,(H2,23,24,25). The highest BCUT2D eigenvalue weighted by Crippen LogP contribution is 2.27. The van der Waals surface area contributed by atoms with E-state index in [1.54, 1.807) is 24.5 Å². The molecule has 1 fully saturated rings. The second-order valence-corrected chi connectivity index (χ2v) is 7.32. The Labute approximate surface area is 158 Å². The van der Waals surface area contributed by atoms with Crippen LogP contribution in [0.15, 0.2) is 48.8 Å². The van der Waals surface area contributed by atoms with Gasteiger partial charge in [-0.05, 0) is 42.2 Å². The molecule has 1 aromatic carbocycles. The van der Waals surface area contributed by atoms with Gasteiger partial charge in [0.2, 0.25) is 0 Å². The zero-order valence-electron chi connectivity index (χ0n) is 14.6. The molecule has 138 valence electrons. The number of hydrogen-bond acceptors (Lipinski definition) is 3. The molecule has 1 aliphatic rings. The Morgan fingerprint density at radius 3 is 2.54 bits per heavy atom. The van der Waals surface area contributed by atoms with Crippen LogP contribution >= 0.6 is 11.6 Å². The Kier molecular flexibility index (Phi) is 6.12. The van der Waals surface area contributed by atoms with Gasteiger partial charge in [-0.2, -0.15) is 0 Å². The van der Waals surface area contributed by atoms with Gasteiger partial charge >= 0.3 is 6.03 Å². The Hall–Kier alpha value is -2.11. The second-order valence-electron chi connectivity index (χ2n) is 6.88. The van der Waals surface area contributed by atoms with Gasteiger partial charge in [-0.1, -0.05) is 49.1 Å². The first-order chi connectivity index (χ1) is 12.6. The largest absolute Gasteiger partial charge is 0.388 e. The number of pyridine rings is 1. The highest BCUT2D eigenvalue weighted by atomic mass is 35.5. The van der Waals surface area contributed by atoms with Gasteiger partial charge in [0, 0.05) is 24.0 Å². The van der Waals surface area contributed by atoms with Crippen molar-refractivity contribution in [1.29, 1.82) is 0 Å². The fraction of sp³-hybridized carbons (Fsp3) is 0.400. The molecule has 26 heavy (non-hydrogen) atoms. The van der Waals surface area contributed by atoms with E-state index in [0.717, 1.165) is 43.2 Å². The van der Waals surface area contributed by atoms with Crippen LogP contribution < -0.4 is 10.6 Å². The van der Waals surface area contributed by atoms with Gasteiger partial charge in [0.1, 0.15) is 0 Å². The van der Waals surface area contributed by atoms with Crippen LogP contribution in [0.2, 0.25) is 5.02 Å². The molecule has 1 aliphatic carbocycles. The van der Waals surface area contributed by atoms with Gasteiger partial charge in [0.05, 0.1) is 11.6 Å². The predicted octanol–water partition coefficient (Wildman–Crippen LogP) is 3.82. The van der Waals surface area contributed by atoms with E-state index in [9.17, 15) is 9.90 Å². The molecule has 0 radical (unpaired) electrons. The SMILES string of the molecule is O=C(NCC1(O)CCCCC1)NC(c1ccc(Cl)cc1)c1cccnc1. The summed E-state index contributed by atoms with van der Waals surface area (Å²) < 4.78 is 0. The molecule has 1 aromatic heterocycles. The van der Waals surface area contributed by atoms with Gasteiger partial charge in [-0.15, -0.1) is 0 Å². The molecule has 5 nitrogen and oxygen atoms in total. The lowest BCUT2D eigenvalue weighted by atomic mass is 9.85. The summed E-state index contributed by atoms with van der Waals surface area (Å²) in [5, 5.41) is 17.0. The van der Waals surface area contributed by atoms with Crippen molar-refractivity contribution in [1.82, 2.24) is 15.6 Å². The maximum absolute atomic E-state index is 12.5. The number of carbonyl (C=O) groups is 1. The number of benzene rings is 1. The number of amides is 2. The van der Waals surface area contributed by atoms with Crippen LogP contribution in [0.5, 0.6) is 0 Å². The second kappa shape index (κ2) is 8.52. The van der Waals surface area contributed by atoms with Crippen LogP contribution in [-0.4, -0.2) is 28.3 Å². The van der Waals surface area contributed by atoms with Gasteiger partial charge < -0.3 is 15.7 Å². The number of halogens is 1. The molecule has 3 N–H and O–H groups in total. The van der Waals surface area contributed by atoms with Crippen molar-refractivity contribution < 1.29 is 9.90 Å². The number of rotatable bonds is 5. The summed E-state index contributed by atoms with van der Waals surface area (Å²) in [7, 11) is 0. The zero-order valence-corrected chi connectivity index (χ0v) is 15.4. The molecule has 6 heteroatoms. The third-order valence-corrected chi connectivity index (χ3v) is 5.11. The average Bonchev–Trinajstić information content (AvgIpc) is 2.67. The number of urea groups is 1. The molecule has 0 bridgehead atoms. The topological polar surface area (TPSA) is 74.2 Å². The molecule has 3 rings (SSSR count). The summed E-state index contributed by atoms with van der Waals surface area (Å²) in [5.74, 6) is 0. The minimum Gasteiger partial charge on any atom is -0.388 e. The maximum Gasteiger partial charge on any atom is 0.315 e. The van der Waals surface area contributed by atoms with Crippen molar-refractivity contribution in [2.45, 2.75) is 43.7 Å². The first-order valence-electron chi connectivity index (χ1n) is 8.98. The highest BCUT2D eigenvalue weighted by molar-refractivity contribution is 6.30. The summed E-state index contributed by atoms with van der Waals surface area (Å²) in [4.78, 5) is 16.6. The Morgan fingerprint density at radius 1 is 1.15 bits per heavy atom. The van der Waals surface area contributed by atoms with E-state index in [-0.39, 0.29) is 18.6 Å². The fourth-order valence-electron chi connectivity index (χ4n) is 3.37. The van der Waals surface area contributed by atoms with Crippen molar-refractivity contribution in [2.75, 3.05) is 6.54 Å². The van der Waals surface area contributed by atoms with E-state index >= 15 is 0 Å². The van der Waals surface area contributed by atoms with Crippen molar-refractivity contribution in [3.8, 4) is 0 Å². The van der Waals surface area contributed by atoms with Crippen LogP contribution in [-0.2, 0) is 0 Å². The smallest absolute Gasteiger partial charge is 0.315 e. The number of nitrogens with zero attached hydrogens (tertiary/aromatic N) is 1. The van der Waals surface area contributed by atoms with Gasteiger partial charge in [-0.3, -0.25) is 4.98 Å². The summed E-state index contributed by atoms with van der Waals surface area (Å²) in [6.45, 7) is 0.263. The maximum atomic E-state index is 12.5. The van der Waals surface area contributed by atoms with Crippen LogP contribution in [0, 0.1) is 0 Å². The summed E-state index contributed by atoms with van der Waals surface area (Å²) in [6, 6.07) is 10.5. The van der Waals surface area contributed by atoms with E-state index in [2.05, 4.69) is 15.6 Å². The van der Waals surface area contributed by atoms with Gasteiger partial charge in [0.25, 0.3) is 0 Å². The summed E-state index contributed by atoms with van der Waals surface area (Å²) in [5.41, 5.74) is 0.995. The molecule has 0 saturated heterocycles. The van der Waals surface area contributed by atoms with E-state index in [4.69, 9.17) is 11.6 Å². The summed E-state index contributed by atoms with van der Waals surface area (Å²) >= 11 is 5.98. The molecule has 1 atom stereocenters. The van der Waals surface area contributed by atoms with Crippen LogP contribution in [0.4, 0.5) is 4.79 Å². The monoisotopic (exact) mass is 373 g/mol. The van der Waals surface area contributed by atoms with E-state index < -0.39 is 5.60 Å². The Bertz CT molecular complexity index is 716. The first-order valence-corrected chi connectivity index (χ1v) is 9.36. The van der Waals surface area contributed by atoms with Crippen molar-refractivity contribution in [3.05, 3.63) is 64.9 Å². The molecular formula is C20H24ClN3O2. The molecule has 2 amide bonds. The van der Waals surface area contributed by atoms with Gasteiger partial charge in [0.15, 0.2) is 0 Å². The number of aromatic nitrogens is 1. The molecule has 0 aliphatic heterocycles. The molecule has 2 aromatic rings. The normalized spacial score (nSPS) is 17.3. The van der Waals surface area contributed by atoms with E-state index in [1.807, 2.05) is 24.3 Å². The van der Waals surface area contributed by atoms with Crippen molar-refractivity contribution in [2.24, 2.45) is 0 Å². The van der Waals surface area contributed by atoms with Gasteiger partial charge in [-0.25, -0.2) is 4.79 Å². The van der Waals surface area contributed by atoms with Crippen LogP contribution in [0.3, 0.4) is 0 Å². The average molecular weight is 374 g/mol. The molecule has 1 saturated carbocycles. The van der Waals surface area contributed by atoms with E-state index in [1.165, 1.54) is 0 Å². The number of aliphatic hydroxyl groups is 1. The van der Waals surface area contributed by atoms with Crippen LogP contribution in [0.25, 0.3) is 0 Å². The first kappa shape index (κ1) is 18.7. The summed E-state index contributed by atoms with van der Waals surface area (Å²) in [6.07, 6.45) is 8.04. The lowest BCUT2D eigenvalue weighted by molar-refractivity contribution is 0.00715. The molecule has 1 unspecified atom stereocenters. The highest BCUT2D eigenvalue weighted by Gasteiger charge is 2.29. The fourth-order valence-corrected chi connectivity index (χ4v) is 3.50. The van der Waals surface area contributed by atoms with E-state index in [0.29, 0.717) is 5.02 Å².